The number of piperazine rings is 1. The van der Waals surface area contributed by atoms with Gasteiger partial charge in [-0.05, 0) is 33.7 Å². The van der Waals surface area contributed by atoms with E-state index in [-0.39, 0.29) is 18.0 Å². The van der Waals surface area contributed by atoms with Gasteiger partial charge in [-0.2, -0.15) is 0 Å². The molecule has 0 amide bonds. The van der Waals surface area contributed by atoms with E-state index < -0.39 is 12.8 Å². The SMILES string of the molecule is CB(O)N1CCN(c2ncc([C@H]3COC(C)(C)O3)cc2F)C[C@@H]1C. The molecule has 2 aliphatic rings. The van der Waals surface area contributed by atoms with E-state index in [4.69, 9.17) is 9.47 Å². The molecule has 2 aliphatic heterocycles. The minimum Gasteiger partial charge on any atom is -0.437 e. The Labute approximate surface area is 142 Å². The van der Waals surface area contributed by atoms with Gasteiger partial charge in [0.1, 0.15) is 6.10 Å². The van der Waals surface area contributed by atoms with Crippen molar-refractivity contribution >= 4 is 12.9 Å². The predicted molar refractivity (Wildman–Crippen MR) is 90.3 cm³/mol. The second-order valence-electron chi connectivity index (χ2n) is 7.06. The van der Waals surface area contributed by atoms with Crippen LogP contribution in [0.2, 0.25) is 6.82 Å². The van der Waals surface area contributed by atoms with Crippen molar-refractivity contribution in [1.29, 1.82) is 0 Å². The summed E-state index contributed by atoms with van der Waals surface area (Å²) in [4.78, 5) is 8.26. The molecule has 132 valence electrons. The van der Waals surface area contributed by atoms with Gasteiger partial charge in [-0.3, -0.25) is 0 Å². The Balaban J connectivity index is 1.72. The van der Waals surface area contributed by atoms with E-state index >= 15 is 0 Å². The van der Waals surface area contributed by atoms with Gasteiger partial charge in [0.05, 0.1) is 6.61 Å². The molecule has 24 heavy (non-hydrogen) atoms. The van der Waals surface area contributed by atoms with E-state index in [1.54, 1.807) is 13.0 Å². The molecule has 2 fully saturated rings. The van der Waals surface area contributed by atoms with E-state index in [2.05, 4.69) is 4.98 Å². The van der Waals surface area contributed by atoms with Crippen molar-refractivity contribution in [3.8, 4) is 0 Å². The Bertz CT molecular complexity index is 602. The van der Waals surface area contributed by atoms with Crippen LogP contribution in [0.25, 0.3) is 0 Å². The molecule has 3 heterocycles. The number of pyridine rings is 1. The van der Waals surface area contributed by atoms with Crippen LogP contribution in [0.4, 0.5) is 10.2 Å². The van der Waals surface area contributed by atoms with Crippen LogP contribution in [0, 0.1) is 5.82 Å². The summed E-state index contributed by atoms with van der Waals surface area (Å²) in [6.07, 6.45) is 1.38. The zero-order chi connectivity index (χ0) is 17.5. The average Bonchev–Trinajstić information content (AvgIpc) is 2.87. The maximum Gasteiger partial charge on any atom is 0.376 e. The molecule has 0 radical (unpaired) electrons. The summed E-state index contributed by atoms with van der Waals surface area (Å²) >= 11 is 0. The first-order valence-electron chi connectivity index (χ1n) is 8.43. The Morgan fingerprint density at radius 3 is 2.71 bits per heavy atom. The molecule has 8 heteroatoms. The number of hydrogen-bond acceptors (Lipinski definition) is 6. The van der Waals surface area contributed by atoms with Crippen molar-refractivity contribution in [2.24, 2.45) is 0 Å². The molecule has 3 rings (SSSR count). The molecule has 0 bridgehead atoms. The summed E-state index contributed by atoms with van der Waals surface area (Å²) < 4.78 is 25.9. The van der Waals surface area contributed by atoms with Crippen molar-refractivity contribution in [3.63, 3.8) is 0 Å². The first-order valence-corrected chi connectivity index (χ1v) is 8.43. The van der Waals surface area contributed by atoms with Gasteiger partial charge >= 0.3 is 7.05 Å². The molecule has 0 saturated carbocycles. The van der Waals surface area contributed by atoms with Gasteiger partial charge in [0.2, 0.25) is 0 Å². The molecule has 0 spiro atoms. The molecular weight excluding hydrogens is 312 g/mol. The number of halogens is 1. The number of rotatable bonds is 3. The van der Waals surface area contributed by atoms with Crippen LogP contribution >= 0.6 is 0 Å². The smallest absolute Gasteiger partial charge is 0.376 e. The summed E-state index contributed by atoms with van der Waals surface area (Å²) in [5, 5.41) is 9.75. The number of nitrogens with zero attached hydrogens (tertiary/aromatic N) is 3. The minimum atomic E-state index is -0.646. The number of aromatic nitrogens is 1. The molecule has 2 saturated heterocycles. The van der Waals surface area contributed by atoms with E-state index in [1.165, 1.54) is 6.07 Å². The van der Waals surface area contributed by atoms with Crippen molar-refractivity contribution in [2.45, 2.75) is 45.5 Å². The van der Waals surface area contributed by atoms with E-state index in [0.717, 1.165) is 0 Å². The lowest BCUT2D eigenvalue weighted by Gasteiger charge is -2.41. The Morgan fingerprint density at radius 2 is 2.17 bits per heavy atom. The number of hydrogen-bond donors (Lipinski definition) is 1. The summed E-state index contributed by atoms with van der Waals surface area (Å²) in [7, 11) is -0.495. The highest BCUT2D eigenvalue weighted by molar-refractivity contribution is 6.45. The van der Waals surface area contributed by atoms with Crippen LogP contribution in [-0.2, 0) is 9.47 Å². The third-order valence-electron chi connectivity index (χ3n) is 4.68. The summed E-state index contributed by atoms with van der Waals surface area (Å²) in [6.45, 7) is 9.80. The van der Waals surface area contributed by atoms with Crippen LogP contribution in [-0.4, -0.2) is 59.9 Å². The van der Waals surface area contributed by atoms with E-state index in [1.807, 2.05) is 30.5 Å². The van der Waals surface area contributed by atoms with Crippen LogP contribution in [0.3, 0.4) is 0 Å². The summed E-state index contributed by atoms with van der Waals surface area (Å²) in [6, 6.07) is 1.62. The minimum absolute atomic E-state index is 0.131. The van der Waals surface area contributed by atoms with Gasteiger partial charge in [0.25, 0.3) is 0 Å². The Morgan fingerprint density at radius 1 is 1.42 bits per heavy atom. The third kappa shape index (κ3) is 3.56. The summed E-state index contributed by atoms with van der Waals surface area (Å²) in [5.41, 5.74) is 0.692. The highest BCUT2D eigenvalue weighted by Crippen LogP contribution is 2.33. The fourth-order valence-electron chi connectivity index (χ4n) is 3.42. The highest BCUT2D eigenvalue weighted by atomic mass is 19.1. The van der Waals surface area contributed by atoms with Crippen molar-refractivity contribution in [2.75, 3.05) is 31.1 Å². The highest BCUT2D eigenvalue weighted by Gasteiger charge is 2.35. The van der Waals surface area contributed by atoms with E-state index in [0.29, 0.717) is 37.6 Å². The normalized spacial score (nSPS) is 27.5. The molecule has 0 aliphatic carbocycles. The summed E-state index contributed by atoms with van der Waals surface area (Å²) in [5.74, 6) is -0.639. The van der Waals surface area contributed by atoms with Crippen LogP contribution < -0.4 is 4.90 Å². The van der Waals surface area contributed by atoms with Gasteiger partial charge in [0.15, 0.2) is 17.4 Å². The molecule has 0 aromatic carbocycles. The monoisotopic (exact) mass is 337 g/mol. The van der Waals surface area contributed by atoms with Gasteiger partial charge in [-0.15, -0.1) is 0 Å². The zero-order valence-corrected chi connectivity index (χ0v) is 14.7. The fourth-order valence-corrected chi connectivity index (χ4v) is 3.42. The second kappa shape index (κ2) is 6.59. The lowest BCUT2D eigenvalue weighted by Crippen LogP contribution is -2.56. The Hall–Kier alpha value is -1.22. The molecule has 0 unspecified atom stereocenters. The topological polar surface area (TPSA) is 58.1 Å². The molecule has 1 aromatic heterocycles. The first kappa shape index (κ1) is 17.6. The average molecular weight is 337 g/mol. The Kier molecular flexibility index (Phi) is 4.83. The van der Waals surface area contributed by atoms with E-state index in [9.17, 15) is 9.41 Å². The molecular formula is C16H25BFN3O3. The third-order valence-corrected chi connectivity index (χ3v) is 4.68. The fraction of sp³-hybridized carbons (Fsp3) is 0.688. The number of ether oxygens (including phenoxy) is 2. The maximum atomic E-state index is 14.6. The largest absolute Gasteiger partial charge is 0.437 e. The standard InChI is InChI=1S/C16H25BFN3O3/c1-11-9-20(5-6-21(11)17(4)22)15-13(18)7-12(8-19-15)14-10-23-16(2,3)24-14/h7-8,11,14,22H,5-6,9-10H2,1-4H3/t11-,14+/m0/s1. The number of anilines is 1. The predicted octanol–water partition coefficient (Wildman–Crippen LogP) is 1.67. The van der Waals surface area contributed by atoms with Crippen LogP contribution in [0.15, 0.2) is 12.3 Å². The van der Waals surface area contributed by atoms with Crippen LogP contribution in [0.1, 0.15) is 32.4 Å². The molecule has 2 atom stereocenters. The van der Waals surface area contributed by atoms with Crippen molar-refractivity contribution in [3.05, 3.63) is 23.6 Å². The van der Waals surface area contributed by atoms with Crippen molar-refractivity contribution in [1.82, 2.24) is 9.79 Å². The quantitative estimate of drug-likeness (QED) is 0.847. The van der Waals surface area contributed by atoms with Crippen molar-refractivity contribution < 1.29 is 18.9 Å². The zero-order valence-electron chi connectivity index (χ0n) is 14.7. The lowest BCUT2D eigenvalue weighted by atomic mass is 9.82. The molecule has 1 N–H and O–H groups in total. The maximum absolute atomic E-state index is 14.6. The van der Waals surface area contributed by atoms with Gasteiger partial charge in [-0.1, -0.05) is 0 Å². The van der Waals surface area contributed by atoms with Crippen LogP contribution in [0.5, 0.6) is 0 Å². The molecule has 1 aromatic rings. The van der Waals surface area contributed by atoms with Gasteiger partial charge < -0.3 is 24.2 Å². The van der Waals surface area contributed by atoms with Gasteiger partial charge in [0, 0.05) is 37.4 Å². The molecule has 6 nitrogen and oxygen atoms in total. The first-order chi connectivity index (χ1) is 11.3. The lowest BCUT2D eigenvalue weighted by molar-refractivity contribution is -0.139. The second-order valence-corrected chi connectivity index (χ2v) is 7.06. The van der Waals surface area contributed by atoms with Gasteiger partial charge in [-0.25, -0.2) is 9.37 Å².